The lowest BCUT2D eigenvalue weighted by atomic mass is 9.79. The van der Waals surface area contributed by atoms with Gasteiger partial charge in [-0.05, 0) is 19.1 Å². The molecule has 17 heavy (non-hydrogen) atoms. The summed E-state index contributed by atoms with van der Waals surface area (Å²) in [7, 11) is 0. The lowest BCUT2D eigenvalue weighted by molar-refractivity contribution is -0.157. The number of hydrogen-bond acceptors (Lipinski definition) is 5. The number of carboxylic acids is 1. The molecule has 0 unspecified atom stereocenters. The first kappa shape index (κ1) is 12.7. The summed E-state index contributed by atoms with van der Waals surface area (Å²) in [5.41, 5.74) is 0. The van der Waals surface area contributed by atoms with Crippen LogP contribution < -0.4 is 0 Å². The molecule has 2 fully saturated rings. The second kappa shape index (κ2) is 5.27. The van der Waals surface area contributed by atoms with Gasteiger partial charge in [0.2, 0.25) is 0 Å². The number of aliphatic carboxylic acids is 1. The third-order valence-electron chi connectivity index (χ3n) is 3.36. The van der Waals surface area contributed by atoms with Crippen LogP contribution in [0.3, 0.4) is 0 Å². The van der Waals surface area contributed by atoms with E-state index in [2.05, 4.69) is 0 Å². The smallest absolute Gasteiger partial charge is 0.312 e. The Kier molecular flexibility index (Phi) is 3.93. The van der Waals surface area contributed by atoms with E-state index >= 15 is 0 Å². The van der Waals surface area contributed by atoms with E-state index in [1.165, 1.54) is 0 Å². The molecule has 5 nitrogen and oxygen atoms in total. The first-order chi connectivity index (χ1) is 8.15. The highest BCUT2D eigenvalue weighted by Crippen LogP contribution is 2.44. The molecule has 2 aliphatic rings. The molecule has 96 valence electrons. The zero-order valence-electron chi connectivity index (χ0n) is 9.63. The third kappa shape index (κ3) is 2.42. The Labute approximate surface area is 104 Å². The summed E-state index contributed by atoms with van der Waals surface area (Å²) in [6, 6.07) is 0. The highest BCUT2D eigenvalue weighted by Gasteiger charge is 2.56. The molecule has 0 aliphatic carbocycles. The minimum absolute atomic E-state index is 0.261. The third-order valence-corrected chi connectivity index (χ3v) is 3.94. The van der Waals surface area contributed by atoms with Crippen LogP contribution in [0.25, 0.3) is 0 Å². The topological polar surface area (TPSA) is 72.8 Å². The Morgan fingerprint density at radius 2 is 2.00 bits per heavy atom. The summed E-state index contributed by atoms with van der Waals surface area (Å²) in [5.74, 6) is -1.99. The minimum atomic E-state index is -0.955. The second-order valence-electron chi connectivity index (χ2n) is 4.34. The van der Waals surface area contributed by atoms with E-state index in [1.54, 1.807) is 11.8 Å². The van der Waals surface area contributed by atoms with Gasteiger partial charge < -0.3 is 14.6 Å². The van der Waals surface area contributed by atoms with Crippen molar-refractivity contribution >= 4 is 23.7 Å². The van der Waals surface area contributed by atoms with Crippen LogP contribution in [0.1, 0.15) is 12.8 Å². The van der Waals surface area contributed by atoms with Crippen LogP contribution in [-0.4, -0.2) is 47.9 Å². The van der Waals surface area contributed by atoms with Gasteiger partial charge >= 0.3 is 11.9 Å². The fraction of sp³-hybridized carbons (Fsp3) is 0.818. The lowest BCUT2D eigenvalue weighted by Crippen LogP contribution is -2.39. The summed E-state index contributed by atoms with van der Waals surface area (Å²) in [5, 5.41) is 9.13. The van der Waals surface area contributed by atoms with Crippen molar-refractivity contribution in [3.05, 3.63) is 0 Å². The number of carbonyl (C=O) groups excluding carboxylic acids is 1. The molecule has 1 N–H and O–H groups in total. The molecule has 0 radical (unpaired) electrons. The summed E-state index contributed by atoms with van der Waals surface area (Å²) >= 11 is 1.58. The van der Waals surface area contributed by atoms with Gasteiger partial charge in [-0.1, -0.05) is 0 Å². The Morgan fingerprint density at radius 3 is 2.59 bits per heavy atom. The van der Waals surface area contributed by atoms with Crippen molar-refractivity contribution < 1.29 is 24.2 Å². The molecule has 4 atom stereocenters. The van der Waals surface area contributed by atoms with Gasteiger partial charge in [0.15, 0.2) is 0 Å². The number of fused-ring (bicyclic) bond motifs is 2. The molecular weight excluding hydrogens is 244 g/mol. The van der Waals surface area contributed by atoms with Crippen LogP contribution in [0, 0.1) is 11.8 Å². The number of hydrogen-bond donors (Lipinski definition) is 1. The molecular formula is C11H16O5S. The highest BCUT2D eigenvalue weighted by atomic mass is 32.2. The average molecular weight is 260 g/mol. The van der Waals surface area contributed by atoms with E-state index in [0.29, 0.717) is 6.61 Å². The van der Waals surface area contributed by atoms with Gasteiger partial charge in [0.1, 0.15) is 6.61 Å². The molecule has 2 saturated heterocycles. The number of ether oxygens (including phenoxy) is 2. The van der Waals surface area contributed by atoms with Crippen molar-refractivity contribution in [2.45, 2.75) is 25.0 Å². The van der Waals surface area contributed by atoms with Crippen molar-refractivity contribution in [2.24, 2.45) is 11.8 Å². The fourth-order valence-electron chi connectivity index (χ4n) is 2.61. The van der Waals surface area contributed by atoms with Crippen LogP contribution in [0.4, 0.5) is 0 Å². The maximum atomic E-state index is 11.9. The van der Waals surface area contributed by atoms with Gasteiger partial charge in [0.05, 0.1) is 24.0 Å². The Bertz CT molecular complexity index is 319. The highest BCUT2D eigenvalue weighted by molar-refractivity contribution is 7.98. The SMILES string of the molecule is CSCCOC(=O)[C@H]1[C@@H](C(=O)O)[C@@H]2CC[C@H]1O2. The molecule has 0 aromatic heterocycles. The van der Waals surface area contributed by atoms with Crippen LogP contribution >= 0.6 is 11.8 Å². The molecule has 0 amide bonds. The molecule has 2 rings (SSSR count). The first-order valence-corrected chi connectivity index (χ1v) is 7.08. The van der Waals surface area contributed by atoms with Gasteiger partial charge in [0.25, 0.3) is 0 Å². The summed E-state index contributed by atoms with van der Waals surface area (Å²) in [4.78, 5) is 23.0. The predicted molar refractivity (Wildman–Crippen MR) is 61.9 cm³/mol. The number of carbonyl (C=O) groups is 2. The van der Waals surface area contributed by atoms with Crippen LogP contribution in [0.5, 0.6) is 0 Å². The molecule has 0 spiro atoms. The van der Waals surface area contributed by atoms with E-state index in [-0.39, 0.29) is 12.2 Å². The second-order valence-corrected chi connectivity index (χ2v) is 5.33. The number of rotatable bonds is 5. The standard InChI is InChI=1S/C11H16O5S/c1-17-5-4-15-11(14)9-7-3-2-6(16-7)8(9)10(12)13/h6-9H,2-5H2,1H3,(H,12,13)/t6-,7+,8-,9+/m0/s1. The summed E-state index contributed by atoms with van der Waals surface area (Å²) < 4.78 is 10.6. The molecule has 6 heteroatoms. The van der Waals surface area contributed by atoms with E-state index in [9.17, 15) is 9.59 Å². The van der Waals surface area contributed by atoms with Crippen molar-refractivity contribution in [1.82, 2.24) is 0 Å². The summed E-state index contributed by atoms with van der Waals surface area (Å²) in [6.45, 7) is 0.334. The minimum Gasteiger partial charge on any atom is -0.481 e. The van der Waals surface area contributed by atoms with Crippen LogP contribution in [0.15, 0.2) is 0 Å². The van der Waals surface area contributed by atoms with Gasteiger partial charge in [-0.25, -0.2) is 0 Å². The number of esters is 1. The normalized spacial score (nSPS) is 34.9. The summed E-state index contributed by atoms with van der Waals surface area (Å²) in [6.07, 6.45) is 2.85. The monoisotopic (exact) mass is 260 g/mol. The lowest BCUT2D eigenvalue weighted by Gasteiger charge is -2.22. The number of carboxylic acid groups (broad SMARTS) is 1. The van der Waals surface area contributed by atoms with E-state index in [0.717, 1.165) is 18.6 Å². The van der Waals surface area contributed by atoms with Gasteiger partial charge in [-0.2, -0.15) is 11.8 Å². The molecule has 2 heterocycles. The first-order valence-electron chi connectivity index (χ1n) is 5.69. The Hall–Kier alpha value is -0.750. The quantitative estimate of drug-likeness (QED) is 0.581. The van der Waals surface area contributed by atoms with Crippen molar-refractivity contribution in [3.63, 3.8) is 0 Å². The van der Waals surface area contributed by atoms with E-state index in [4.69, 9.17) is 14.6 Å². The molecule has 2 aliphatic heterocycles. The van der Waals surface area contributed by atoms with Crippen molar-refractivity contribution in [1.29, 1.82) is 0 Å². The van der Waals surface area contributed by atoms with Crippen LogP contribution in [-0.2, 0) is 19.1 Å². The van der Waals surface area contributed by atoms with Crippen LogP contribution in [0.2, 0.25) is 0 Å². The predicted octanol–water partition coefficient (Wildman–Crippen LogP) is 0.771. The number of thioether (sulfide) groups is 1. The maximum absolute atomic E-state index is 11.9. The van der Waals surface area contributed by atoms with Gasteiger partial charge in [-0.3, -0.25) is 9.59 Å². The average Bonchev–Trinajstić information content (AvgIpc) is 2.88. The van der Waals surface area contributed by atoms with Gasteiger partial charge in [0, 0.05) is 5.75 Å². The van der Waals surface area contributed by atoms with E-state index < -0.39 is 23.8 Å². The molecule has 2 bridgehead atoms. The maximum Gasteiger partial charge on any atom is 0.312 e. The van der Waals surface area contributed by atoms with Crippen molar-refractivity contribution in [2.75, 3.05) is 18.6 Å². The van der Waals surface area contributed by atoms with Crippen molar-refractivity contribution in [3.8, 4) is 0 Å². The largest absolute Gasteiger partial charge is 0.481 e. The Balaban J connectivity index is 1.98. The Morgan fingerprint density at radius 1 is 1.35 bits per heavy atom. The zero-order valence-corrected chi connectivity index (χ0v) is 10.4. The fourth-order valence-corrected chi connectivity index (χ4v) is 2.86. The molecule has 0 aromatic rings. The molecule has 0 aromatic carbocycles. The molecule has 0 saturated carbocycles. The zero-order chi connectivity index (χ0) is 12.4. The van der Waals surface area contributed by atoms with Gasteiger partial charge in [-0.15, -0.1) is 0 Å². The van der Waals surface area contributed by atoms with E-state index in [1.807, 2.05) is 6.26 Å².